The molecule has 2 heterocycles. The molecular weight excluding hydrogens is 274 g/mol. The summed E-state index contributed by atoms with van der Waals surface area (Å²) in [5.74, 6) is 0.189. The molecule has 0 atom stereocenters. The molecule has 0 aromatic carbocycles. The van der Waals surface area contributed by atoms with Gasteiger partial charge in [-0.05, 0) is 6.42 Å². The van der Waals surface area contributed by atoms with Crippen molar-refractivity contribution in [3.05, 3.63) is 11.3 Å². The van der Waals surface area contributed by atoms with Gasteiger partial charge in [0.25, 0.3) is 0 Å². The van der Waals surface area contributed by atoms with Gasteiger partial charge >= 0.3 is 0 Å². The largest absolute Gasteiger partial charge is 0.234 e. The number of hydrogen-bond donors (Lipinski definition) is 1. The van der Waals surface area contributed by atoms with E-state index in [0.29, 0.717) is 19.4 Å². The maximum Gasteiger partial charge on any atom is 0.234 e. The number of aromatic nitrogens is 4. The number of fused-ring (bicyclic) bond motifs is 1. The molecule has 100 valence electrons. The van der Waals surface area contributed by atoms with E-state index in [1.165, 1.54) is 17.7 Å². The fourth-order valence-corrected chi connectivity index (χ4v) is 3.46. The van der Waals surface area contributed by atoms with E-state index >= 15 is 0 Å². The van der Waals surface area contributed by atoms with Gasteiger partial charge in [0.15, 0.2) is 0 Å². The lowest BCUT2D eigenvalue weighted by molar-refractivity contribution is 0.578. The number of rotatable bonds is 7. The van der Waals surface area contributed by atoms with Crippen LogP contribution in [-0.2, 0) is 16.4 Å². The third kappa shape index (κ3) is 3.47. The van der Waals surface area contributed by atoms with Gasteiger partial charge in [-0.1, -0.05) is 24.7 Å². The molecule has 2 aromatic heterocycles. The first-order chi connectivity index (χ1) is 8.61. The first kappa shape index (κ1) is 13.4. The molecule has 0 saturated carbocycles. The molecule has 0 saturated heterocycles. The zero-order chi connectivity index (χ0) is 13.0. The lowest BCUT2D eigenvalue weighted by Crippen LogP contribution is -2.28. The highest BCUT2D eigenvalue weighted by Gasteiger charge is 2.10. The summed E-state index contributed by atoms with van der Waals surface area (Å²) in [6.07, 6.45) is 3.66. The Balaban J connectivity index is 1.83. The predicted molar refractivity (Wildman–Crippen MR) is 69.1 cm³/mol. The number of hydrogen-bond acceptors (Lipinski definition) is 6. The van der Waals surface area contributed by atoms with Crippen molar-refractivity contribution in [3.63, 3.8) is 0 Å². The topological polar surface area (TPSA) is 89.2 Å². The van der Waals surface area contributed by atoms with Crippen molar-refractivity contribution >= 4 is 26.3 Å². The Morgan fingerprint density at radius 3 is 3.06 bits per heavy atom. The third-order valence-corrected chi connectivity index (χ3v) is 4.80. The van der Waals surface area contributed by atoms with Crippen molar-refractivity contribution in [3.8, 4) is 0 Å². The van der Waals surface area contributed by atoms with Crippen LogP contribution in [0.3, 0.4) is 0 Å². The third-order valence-electron chi connectivity index (χ3n) is 2.36. The molecule has 0 aliphatic heterocycles. The maximum atomic E-state index is 11.5. The van der Waals surface area contributed by atoms with Crippen LogP contribution in [0.5, 0.6) is 0 Å². The van der Waals surface area contributed by atoms with Crippen molar-refractivity contribution in [2.75, 3.05) is 12.3 Å². The van der Waals surface area contributed by atoms with E-state index in [0.717, 1.165) is 16.4 Å². The van der Waals surface area contributed by atoms with Gasteiger partial charge in [0.05, 0.1) is 5.75 Å². The van der Waals surface area contributed by atoms with Crippen molar-refractivity contribution < 1.29 is 8.42 Å². The van der Waals surface area contributed by atoms with Gasteiger partial charge in [-0.15, -0.1) is 10.2 Å². The highest BCUT2D eigenvalue weighted by molar-refractivity contribution is 7.89. The van der Waals surface area contributed by atoms with Crippen LogP contribution in [0.25, 0.3) is 4.96 Å². The summed E-state index contributed by atoms with van der Waals surface area (Å²) in [7, 11) is -3.14. The summed E-state index contributed by atoms with van der Waals surface area (Å²) in [6, 6.07) is 0. The minimum Gasteiger partial charge on any atom is -0.215 e. The van der Waals surface area contributed by atoms with E-state index in [1.807, 2.05) is 6.92 Å². The van der Waals surface area contributed by atoms with Gasteiger partial charge in [0, 0.05) is 13.0 Å². The Bertz CT molecular complexity index is 575. The normalized spacial score (nSPS) is 12.3. The SMILES string of the molecule is CCCCS(=O)(=O)NCCc1nn2cnnc2s1. The van der Waals surface area contributed by atoms with Crippen molar-refractivity contribution in [2.24, 2.45) is 0 Å². The monoisotopic (exact) mass is 289 g/mol. The highest BCUT2D eigenvalue weighted by atomic mass is 32.2. The molecule has 0 unspecified atom stereocenters. The number of nitrogens with zero attached hydrogens (tertiary/aromatic N) is 4. The summed E-state index contributed by atoms with van der Waals surface area (Å²) in [5, 5.41) is 12.6. The first-order valence-corrected chi connectivity index (χ1v) is 8.20. The standard InChI is InChI=1S/C9H15N5O2S2/c1-2-3-6-18(15,16)11-5-4-8-13-14-7-10-12-9(14)17-8/h7,11H,2-6H2,1H3. The average Bonchev–Trinajstić information content (AvgIpc) is 2.86. The lowest BCUT2D eigenvalue weighted by atomic mass is 10.4. The quantitative estimate of drug-likeness (QED) is 0.799. The molecule has 0 radical (unpaired) electrons. The molecule has 1 N–H and O–H groups in total. The first-order valence-electron chi connectivity index (χ1n) is 5.74. The summed E-state index contributed by atoms with van der Waals surface area (Å²) in [5.41, 5.74) is 0. The highest BCUT2D eigenvalue weighted by Crippen LogP contribution is 2.11. The maximum absolute atomic E-state index is 11.5. The van der Waals surface area contributed by atoms with Crippen LogP contribution in [0.4, 0.5) is 0 Å². The van der Waals surface area contributed by atoms with Crippen LogP contribution < -0.4 is 4.72 Å². The summed E-state index contributed by atoms with van der Waals surface area (Å²) in [6.45, 7) is 2.34. The summed E-state index contributed by atoms with van der Waals surface area (Å²) in [4.78, 5) is 0.721. The molecule has 0 aliphatic carbocycles. The van der Waals surface area contributed by atoms with Crippen molar-refractivity contribution in [1.82, 2.24) is 24.5 Å². The van der Waals surface area contributed by atoms with Crippen LogP contribution in [0.15, 0.2) is 6.33 Å². The number of unbranched alkanes of at least 4 members (excludes halogenated alkanes) is 1. The zero-order valence-electron chi connectivity index (χ0n) is 10.0. The van der Waals surface area contributed by atoms with E-state index in [9.17, 15) is 8.42 Å². The molecule has 0 aliphatic rings. The molecule has 7 nitrogen and oxygen atoms in total. The van der Waals surface area contributed by atoms with Crippen LogP contribution in [0.2, 0.25) is 0 Å². The second kappa shape index (κ2) is 5.72. The van der Waals surface area contributed by atoms with Crippen LogP contribution in [0, 0.1) is 0 Å². The van der Waals surface area contributed by atoms with Gasteiger partial charge in [-0.25, -0.2) is 13.1 Å². The Morgan fingerprint density at radius 1 is 1.50 bits per heavy atom. The molecule has 0 amide bonds. The zero-order valence-corrected chi connectivity index (χ0v) is 11.7. The van der Waals surface area contributed by atoms with Gasteiger partial charge in [-0.3, -0.25) is 0 Å². The molecule has 2 aromatic rings. The minimum atomic E-state index is -3.14. The van der Waals surface area contributed by atoms with E-state index in [2.05, 4.69) is 20.0 Å². The Hall–Kier alpha value is -1.06. The molecular formula is C9H15N5O2S2. The Morgan fingerprint density at radius 2 is 2.33 bits per heavy atom. The summed E-state index contributed by atoms with van der Waals surface area (Å²) >= 11 is 1.42. The van der Waals surface area contributed by atoms with E-state index in [1.54, 1.807) is 4.52 Å². The molecule has 18 heavy (non-hydrogen) atoms. The second-order valence-electron chi connectivity index (χ2n) is 3.87. The van der Waals surface area contributed by atoms with Crippen LogP contribution in [0.1, 0.15) is 24.8 Å². The van der Waals surface area contributed by atoms with Crippen molar-refractivity contribution in [2.45, 2.75) is 26.2 Å². The fourth-order valence-electron chi connectivity index (χ4n) is 1.42. The second-order valence-corrected chi connectivity index (χ2v) is 6.84. The van der Waals surface area contributed by atoms with E-state index in [-0.39, 0.29) is 5.75 Å². The summed E-state index contributed by atoms with van der Waals surface area (Å²) < 4.78 is 27.3. The Kier molecular flexibility index (Phi) is 4.25. The van der Waals surface area contributed by atoms with E-state index in [4.69, 9.17) is 0 Å². The van der Waals surface area contributed by atoms with Crippen molar-refractivity contribution in [1.29, 1.82) is 0 Å². The van der Waals surface area contributed by atoms with Gasteiger partial charge in [0.1, 0.15) is 11.3 Å². The van der Waals surface area contributed by atoms with Gasteiger partial charge in [-0.2, -0.15) is 9.61 Å². The molecule has 2 rings (SSSR count). The molecule has 0 fully saturated rings. The molecule has 0 bridgehead atoms. The average molecular weight is 289 g/mol. The van der Waals surface area contributed by atoms with Crippen LogP contribution in [-0.4, -0.2) is 40.5 Å². The fraction of sp³-hybridized carbons (Fsp3) is 0.667. The van der Waals surface area contributed by atoms with Gasteiger partial charge < -0.3 is 0 Å². The predicted octanol–water partition coefficient (Wildman–Crippen LogP) is 0.448. The van der Waals surface area contributed by atoms with Gasteiger partial charge in [0.2, 0.25) is 15.0 Å². The number of nitrogens with one attached hydrogen (secondary N) is 1. The smallest absolute Gasteiger partial charge is 0.215 e. The lowest BCUT2D eigenvalue weighted by Gasteiger charge is -2.04. The minimum absolute atomic E-state index is 0.189. The van der Waals surface area contributed by atoms with E-state index < -0.39 is 10.0 Å². The molecule has 9 heteroatoms. The Labute approximate surface area is 109 Å². The van der Waals surface area contributed by atoms with Crippen LogP contribution >= 0.6 is 11.3 Å². The number of sulfonamides is 1. The molecule has 0 spiro atoms.